The molecule has 1 spiro atoms. The predicted octanol–water partition coefficient (Wildman–Crippen LogP) is 1.44. The molecule has 42 heavy (non-hydrogen) atoms. The molecule has 2 bridgehead atoms. The van der Waals surface area contributed by atoms with Crippen LogP contribution in [0.4, 0.5) is 5.69 Å². The Balaban J connectivity index is 1.31. The van der Waals surface area contributed by atoms with Gasteiger partial charge in [-0.2, -0.15) is 0 Å². The van der Waals surface area contributed by atoms with Gasteiger partial charge in [0.2, 0.25) is 17.7 Å². The van der Waals surface area contributed by atoms with Crippen molar-refractivity contribution in [3.63, 3.8) is 0 Å². The Bertz CT molecular complexity index is 1290. The summed E-state index contributed by atoms with van der Waals surface area (Å²) in [5.74, 6) is -2.52. The number of rotatable bonds is 10. The Hall–Kier alpha value is -3.31. The second kappa shape index (κ2) is 11.8. The minimum Gasteiger partial charge on any atom is -0.394 e. The van der Waals surface area contributed by atoms with Crippen LogP contribution in [0.25, 0.3) is 0 Å². The molecule has 0 aromatic heterocycles. The van der Waals surface area contributed by atoms with Gasteiger partial charge in [0, 0.05) is 31.9 Å². The average molecular weight is 577 g/mol. The van der Waals surface area contributed by atoms with Crippen LogP contribution >= 0.6 is 0 Å². The number of likely N-dealkylation sites (tertiary alicyclic amines) is 1. The van der Waals surface area contributed by atoms with E-state index in [2.05, 4.69) is 15.5 Å². The van der Waals surface area contributed by atoms with Gasteiger partial charge in [-0.15, -0.1) is 0 Å². The molecule has 0 aliphatic carbocycles. The fourth-order valence-corrected chi connectivity index (χ4v) is 7.59. The second-order valence-corrected chi connectivity index (χ2v) is 12.1. The van der Waals surface area contributed by atoms with E-state index in [1.165, 1.54) is 4.90 Å². The van der Waals surface area contributed by atoms with Crippen molar-refractivity contribution < 1.29 is 29.0 Å². The largest absolute Gasteiger partial charge is 0.394 e. The molecule has 6 atom stereocenters. The number of para-hydroxylation sites is 1. The van der Waals surface area contributed by atoms with Crippen molar-refractivity contribution in [2.45, 2.75) is 49.5 Å². The number of morpholine rings is 1. The molecule has 0 radical (unpaired) electrons. The average Bonchev–Trinajstić information content (AvgIpc) is 3.58. The van der Waals surface area contributed by atoms with Crippen molar-refractivity contribution in [3.8, 4) is 0 Å². The third-order valence-corrected chi connectivity index (χ3v) is 9.54. The number of fused-ring (bicyclic) bond motifs is 1. The summed E-state index contributed by atoms with van der Waals surface area (Å²) in [6.45, 7) is 5.59. The fourth-order valence-electron chi connectivity index (χ4n) is 7.59. The zero-order valence-electron chi connectivity index (χ0n) is 24.0. The lowest BCUT2D eigenvalue weighted by Crippen LogP contribution is -2.59. The van der Waals surface area contributed by atoms with Gasteiger partial charge < -0.3 is 30.1 Å². The number of benzene rings is 2. The molecule has 4 aliphatic heterocycles. The zero-order valence-corrected chi connectivity index (χ0v) is 24.0. The molecule has 2 unspecified atom stereocenters. The van der Waals surface area contributed by atoms with Crippen molar-refractivity contribution >= 4 is 23.4 Å². The van der Waals surface area contributed by atoms with Crippen LogP contribution in [0.3, 0.4) is 0 Å². The number of ether oxygens (including phenoxy) is 2. The zero-order chi connectivity index (χ0) is 29.3. The van der Waals surface area contributed by atoms with E-state index in [9.17, 15) is 19.5 Å². The first-order valence-electron chi connectivity index (χ1n) is 15.0. The Morgan fingerprint density at radius 2 is 1.71 bits per heavy atom. The van der Waals surface area contributed by atoms with Gasteiger partial charge in [-0.25, -0.2) is 0 Å². The van der Waals surface area contributed by atoms with E-state index in [0.717, 1.165) is 18.7 Å². The molecule has 10 heteroatoms. The van der Waals surface area contributed by atoms with Crippen molar-refractivity contribution in [2.24, 2.45) is 11.8 Å². The molecule has 3 amide bonds. The lowest BCUT2D eigenvalue weighted by atomic mass is 9.66. The highest BCUT2D eigenvalue weighted by atomic mass is 16.5. The van der Waals surface area contributed by atoms with Crippen LogP contribution in [-0.2, 0) is 30.3 Å². The van der Waals surface area contributed by atoms with E-state index in [1.54, 1.807) is 12.1 Å². The minimum absolute atomic E-state index is 0.291. The Morgan fingerprint density at radius 1 is 1.02 bits per heavy atom. The van der Waals surface area contributed by atoms with Crippen molar-refractivity contribution in [1.82, 2.24) is 15.1 Å². The topological polar surface area (TPSA) is 120 Å². The Kier molecular flexibility index (Phi) is 8.06. The third-order valence-electron chi connectivity index (χ3n) is 9.54. The first kappa shape index (κ1) is 28.8. The van der Waals surface area contributed by atoms with Gasteiger partial charge in [0.05, 0.1) is 43.3 Å². The third kappa shape index (κ3) is 5.10. The van der Waals surface area contributed by atoms with Gasteiger partial charge in [-0.1, -0.05) is 48.5 Å². The molecule has 0 saturated carbocycles. The summed E-state index contributed by atoms with van der Waals surface area (Å²) in [5.41, 5.74) is -0.454. The summed E-state index contributed by atoms with van der Waals surface area (Å²) in [6, 6.07) is 17.2. The fraction of sp³-hybridized carbons (Fsp3) is 0.531. The number of aliphatic hydroxyl groups is 1. The second-order valence-electron chi connectivity index (χ2n) is 12.1. The van der Waals surface area contributed by atoms with E-state index in [-0.39, 0.29) is 24.3 Å². The highest BCUT2D eigenvalue weighted by Gasteiger charge is 2.78. The first-order valence-corrected chi connectivity index (χ1v) is 15.0. The van der Waals surface area contributed by atoms with Crippen LogP contribution in [0.1, 0.15) is 25.3 Å². The summed E-state index contributed by atoms with van der Waals surface area (Å²) in [6.07, 6.45) is 1.41. The highest BCUT2D eigenvalue weighted by molar-refractivity contribution is 6.02. The molecular formula is C32H40N4O6. The number of nitrogens with one attached hydrogen (secondary N) is 2. The molecule has 4 fully saturated rings. The lowest BCUT2D eigenvalue weighted by molar-refractivity contribution is -0.148. The van der Waals surface area contributed by atoms with Gasteiger partial charge >= 0.3 is 0 Å². The molecular weight excluding hydrogens is 536 g/mol. The van der Waals surface area contributed by atoms with Crippen LogP contribution in [0.15, 0.2) is 60.7 Å². The molecule has 4 heterocycles. The number of hydrogen-bond acceptors (Lipinski definition) is 7. The van der Waals surface area contributed by atoms with Crippen molar-refractivity contribution in [1.29, 1.82) is 0 Å². The molecule has 10 nitrogen and oxygen atoms in total. The number of carbonyl (C=O) groups excluding carboxylic acids is 3. The van der Waals surface area contributed by atoms with Crippen LogP contribution in [0.2, 0.25) is 0 Å². The van der Waals surface area contributed by atoms with Crippen molar-refractivity contribution in [3.05, 3.63) is 66.2 Å². The first-order chi connectivity index (χ1) is 20.4. The molecule has 4 saturated heterocycles. The Morgan fingerprint density at radius 3 is 2.40 bits per heavy atom. The normalized spacial score (nSPS) is 31.1. The van der Waals surface area contributed by atoms with E-state index < -0.39 is 35.1 Å². The van der Waals surface area contributed by atoms with Crippen LogP contribution in [0.5, 0.6) is 0 Å². The van der Waals surface area contributed by atoms with E-state index in [0.29, 0.717) is 51.3 Å². The quantitative estimate of drug-likeness (QED) is 0.392. The van der Waals surface area contributed by atoms with Gasteiger partial charge in [0.25, 0.3) is 0 Å². The maximum absolute atomic E-state index is 14.5. The summed E-state index contributed by atoms with van der Waals surface area (Å²) >= 11 is 0. The smallest absolute Gasteiger partial charge is 0.245 e. The van der Waals surface area contributed by atoms with Gasteiger partial charge in [0.1, 0.15) is 11.6 Å². The Labute approximate surface area is 246 Å². The monoisotopic (exact) mass is 576 g/mol. The summed E-state index contributed by atoms with van der Waals surface area (Å²) < 4.78 is 12.2. The van der Waals surface area contributed by atoms with E-state index in [1.807, 2.05) is 55.5 Å². The van der Waals surface area contributed by atoms with Gasteiger partial charge in [-0.3, -0.25) is 19.3 Å². The molecule has 224 valence electrons. The molecule has 3 N–H and O–H groups in total. The molecule has 4 aliphatic rings. The SMILES string of the molecule is C[C@@]12CCC3(O1)C(C(=O)NCCN1CCOCC1)N([C@@H](CO)Cc1ccccc1)C(=O)[C@@H]3[C@@H]2C(=O)Nc1ccccc1. The minimum atomic E-state index is -1.16. The number of hydrogen-bond donors (Lipinski definition) is 3. The lowest BCUT2D eigenvalue weighted by Gasteiger charge is -2.37. The summed E-state index contributed by atoms with van der Waals surface area (Å²) in [4.78, 5) is 46.2. The number of amides is 3. The maximum Gasteiger partial charge on any atom is 0.245 e. The van der Waals surface area contributed by atoms with E-state index in [4.69, 9.17) is 9.47 Å². The number of nitrogens with zero attached hydrogens (tertiary/aromatic N) is 2. The van der Waals surface area contributed by atoms with E-state index >= 15 is 0 Å². The maximum atomic E-state index is 14.5. The van der Waals surface area contributed by atoms with Gasteiger partial charge in [0.15, 0.2) is 0 Å². The van der Waals surface area contributed by atoms with Crippen LogP contribution < -0.4 is 10.6 Å². The van der Waals surface area contributed by atoms with Crippen LogP contribution in [0, 0.1) is 11.8 Å². The number of anilines is 1. The van der Waals surface area contributed by atoms with Crippen molar-refractivity contribution in [2.75, 3.05) is 51.3 Å². The van der Waals surface area contributed by atoms with Gasteiger partial charge in [-0.05, 0) is 43.9 Å². The predicted molar refractivity (Wildman–Crippen MR) is 155 cm³/mol. The van der Waals surface area contributed by atoms with Crippen LogP contribution in [-0.4, -0.2) is 102 Å². The summed E-state index contributed by atoms with van der Waals surface area (Å²) in [7, 11) is 0. The number of aliphatic hydroxyl groups excluding tert-OH is 1. The molecule has 2 aromatic carbocycles. The molecule has 2 aromatic rings. The number of carbonyl (C=O) groups is 3. The summed E-state index contributed by atoms with van der Waals surface area (Å²) in [5, 5.41) is 16.7. The highest BCUT2D eigenvalue weighted by Crippen LogP contribution is 2.63. The standard InChI is InChI=1S/C32H40N4O6/c1-31-12-13-32(42-31)26(25(31)28(38)34-23-10-6-3-7-11-23)30(40)36(24(21-37)20-22-8-4-2-5-9-22)27(32)29(39)33-14-15-35-16-18-41-19-17-35/h2-11,24-27,37H,12-21H2,1H3,(H,33,39)(H,34,38)/t24-,25-,26+,27?,31+,32?/m1/s1. The molecule has 6 rings (SSSR count).